The van der Waals surface area contributed by atoms with Gasteiger partial charge in [0.25, 0.3) is 0 Å². The molecule has 1 saturated heterocycles. The summed E-state index contributed by atoms with van der Waals surface area (Å²) in [5, 5.41) is 0. The zero-order valence-electron chi connectivity index (χ0n) is 17.1. The van der Waals surface area contributed by atoms with Gasteiger partial charge in [0, 0.05) is 24.3 Å². The van der Waals surface area contributed by atoms with Crippen molar-refractivity contribution in [3.8, 4) is 0 Å². The summed E-state index contributed by atoms with van der Waals surface area (Å²) in [6, 6.07) is 4.86. The molecule has 0 unspecified atom stereocenters. The molecular formula is C24H36N2. The Morgan fingerprint density at radius 2 is 1.42 bits per heavy atom. The molecule has 0 spiro atoms. The summed E-state index contributed by atoms with van der Waals surface area (Å²) in [5.74, 6) is 3.14. The second-order valence-corrected chi connectivity index (χ2v) is 9.95. The first-order valence-electron chi connectivity index (χ1n) is 11.2. The van der Waals surface area contributed by atoms with Gasteiger partial charge in [-0.1, -0.05) is 31.5 Å². The molecule has 1 aliphatic heterocycles. The van der Waals surface area contributed by atoms with Crippen molar-refractivity contribution < 1.29 is 0 Å². The van der Waals surface area contributed by atoms with Gasteiger partial charge in [-0.2, -0.15) is 0 Å². The number of aryl methyl sites for hydroxylation is 3. The average molecular weight is 353 g/mol. The molecule has 0 N–H and O–H groups in total. The van der Waals surface area contributed by atoms with E-state index in [9.17, 15) is 0 Å². The number of hydrogen-bond acceptors (Lipinski definition) is 2. The molecule has 5 aliphatic rings. The first-order chi connectivity index (χ1) is 12.6. The Hall–Kier alpha value is -1.02. The van der Waals surface area contributed by atoms with Crippen LogP contribution in [0.2, 0.25) is 0 Å². The summed E-state index contributed by atoms with van der Waals surface area (Å²) in [7, 11) is 0. The van der Waals surface area contributed by atoms with Crippen LogP contribution in [-0.2, 0) is 12.8 Å². The third-order valence-electron chi connectivity index (χ3n) is 8.15. The molecule has 1 aromatic rings. The Labute approximate surface area is 159 Å². The van der Waals surface area contributed by atoms with E-state index in [1.54, 1.807) is 36.1 Å². The lowest BCUT2D eigenvalue weighted by molar-refractivity contribution is -0.0797. The van der Waals surface area contributed by atoms with E-state index in [2.05, 4.69) is 42.7 Å². The van der Waals surface area contributed by atoms with Crippen LogP contribution in [0.5, 0.6) is 0 Å². The van der Waals surface area contributed by atoms with Gasteiger partial charge < -0.3 is 4.90 Å². The monoisotopic (exact) mass is 352 g/mol. The number of benzene rings is 1. The van der Waals surface area contributed by atoms with Gasteiger partial charge in [0.15, 0.2) is 0 Å². The fourth-order valence-electron chi connectivity index (χ4n) is 7.49. The van der Waals surface area contributed by atoms with E-state index in [1.165, 1.54) is 44.6 Å². The zero-order chi connectivity index (χ0) is 17.9. The van der Waals surface area contributed by atoms with Crippen molar-refractivity contribution >= 4 is 5.69 Å². The van der Waals surface area contributed by atoms with E-state index in [-0.39, 0.29) is 0 Å². The first kappa shape index (κ1) is 17.1. The fourth-order valence-corrected chi connectivity index (χ4v) is 7.49. The predicted molar refractivity (Wildman–Crippen MR) is 110 cm³/mol. The van der Waals surface area contributed by atoms with Gasteiger partial charge in [-0.05, 0) is 87.2 Å². The second kappa shape index (κ2) is 6.26. The molecule has 2 nitrogen and oxygen atoms in total. The van der Waals surface area contributed by atoms with Crippen LogP contribution in [0, 0.1) is 24.7 Å². The van der Waals surface area contributed by atoms with Crippen LogP contribution in [0.15, 0.2) is 12.1 Å². The lowest BCUT2D eigenvalue weighted by Gasteiger charge is -2.60. The molecule has 4 saturated carbocycles. The normalized spacial score (nSPS) is 36.3. The molecule has 2 heteroatoms. The fraction of sp³-hybridized carbons (Fsp3) is 0.750. The molecule has 1 aromatic carbocycles. The highest BCUT2D eigenvalue weighted by Gasteiger charge is 2.54. The number of rotatable bonds is 4. The molecule has 0 radical (unpaired) electrons. The zero-order valence-corrected chi connectivity index (χ0v) is 17.1. The number of nitrogens with zero attached hydrogens (tertiary/aromatic N) is 2. The Balaban J connectivity index is 1.42. The van der Waals surface area contributed by atoms with Gasteiger partial charge in [-0.15, -0.1) is 0 Å². The van der Waals surface area contributed by atoms with E-state index < -0.39 is 0 Å². The lowest BCUT2D eigenvalue weighted by Crippen LogP contribution is -2.59. The summed E-state index contributed by atoms with van der Waals surface area (Å²) < 4.78 is 0. The van der Waals surface area contributed by atoms with E-state index >= 15 is 0 Å². The topological polar surface area (TPSA) is 6.48 Å². The van der Waals surface area contributed by atoms with Crippen molar-refractivity contribution in [1.29, 1.82) is 0 Å². The van der Waals surface area contributed by atoms with Crippen LogP contribution >= 0.6 is 0 Å². The molecule has 4 aliphatic carbocycles. The maximum Gasteiger partial charge on any atom is 0.0713 e. The van der Waals surface area contributed by atoms with E-state index in [4.69, 9.17) is 0 Å². The Kier molecular flexibility index (Phi) is 4.12. The highest BCUT2D eigenvalue weighted by molar-refractivity contribution is 5.62. The number of hydrogen-bond donors (Lipinski definition) is 0. The van der Waals surface area contributed by atoms with E-state index in [0.717, 1.165) is 30.6 Å². The molecule has 0 amide bonds. The van der Waals surface area contributed by atoms with Gasteiger partial charge in [-0.3, -0.25) is 4.90 Å². The third-order valence-corrected chi connectivity index (χ3v) is 8.15. The van der Waals surface area contributed by atoms with Crippen molar-refractivity contribution in [1.82, 2.24) is 4.90 Å². The first-order valence-corrected chi connectivity index (χ1v) is 11.2. The minimum absolute atomic E-state index is 0.562. The predicted octanol–water partition coefficient (Wildman–Crippen LogP) is 5.17. The largest absolute Gasteiger partial charge is 0.357 e. The molecule has 26 heavy (non-hydrogen) atoms. The molecule has 4 bridgehead atoms. The minimum atomic E-state index is 0.562. The molecule has 5 fully saturated rings. The average Bonchev–Trinajstić information content (AvgIpc) is 3.10. The van der Waals surface area contributed by atoms with Crippen molar-refractivity contribution in [3.05, 3.63) is 28.8 Å². The SMILES string of the molecule is CCc1cc(C)cc(CC)c1N1CCN(C23CC4CC(CC(C4)C2)C3)C1. The summed E-state index contributed by atoms with van der Waals surface area (Å²) in [4.78, 5) is 5.66. The van der Waals surface area contributed by atoms with Crippen molar-refractivity contribution in [2.75, 3.05) is 24.7 Å². The lowest BCUT2D eigenvalue weighted by atomic mass is 9.52. The maximum atomic E-state index is 2.93. The van der Waals surface area contributed by atoms with Gasteiger partial charge in [0.05, 0.1) is 6.67 Å². The van der Waals surface area contributed by atoms with Crippen molar-refractivity contribution in [2.45, 2.75) is 77.7 Å². The minimum Gasteiger partial charge on any atom is -0.357 e. The molecular weight excluding hydrogens is 316 g/mol. The maximum absolute atomic E-state index is 2.93. The van der Waals surface area contributed by atoms with Crippen LogP contribution in [0.3, 0.4) is 0 Å². The Morgan fingerprint density at radius 3 is 1.92 bits per heavy atom. The van der Waals surface area contributed by atoms with Crippen molar-refractivity contribution in [2.24, 2.45) is 17.8 Å². The van der Waals surface area contributed by atoms with E-state index in [0.29, 0.717) is 5.54 Å². The second-order valence-electron chi connectivity index (χ2n) is 9.95. The van der Waals surface area contributed by atoms with Gasteiger partial charge in [0.1, 0.15) is 0 Å². The summed E-state index contributed by atoms with van der Waals surface area (Å²) in [6.07, 6.45) is 11.5. The summed E-state index contributed by atoms with van der Waals surface area (Å²) >= 11 is 0. The van der Waals surface area contributed by atoms with Crippen LogP contribution in [0.4, 0.5) is 5.69 Å². The van der Waals surface area contributed by atoms with Gasteiger partial charge in [0.2, 0.25) is 0 Å². The number of anilines is 1. The smallest absolute Gasteiger partial charge is 0.0713 e. The van der Waals surface area contributed by atoms with Crippen LogP contribution < -0.4 is 4.90 Å². The van der Waals surface area contributed by atoms with Crippen LogP contribution in [-0.4, -0.2) is 30.2 Å². The molecule has 0 atom stereocenters. The Bertz CT molecular complexity index is 631. The third kappa shape index (κ3) is 2.63. The summed E-state index contributed by atoms with van der Waals surface area (Å²) in [5.41, 5.74) is 6.70. The standard InChI is InChI=1S/C24H36N2/c1-4-21-8-17(3)9-22(5-2)23(21)25-6-7-26(16-25)24-13-18-10-19(14-24)12-20(11-18)15-24/h8-9,18-20H,4-7,10-16H2,1-3H3. The Morgan fingerprint density at radius 1 is 0.885 bits per heavy atom. The summed E-state index contributed by atoms with van der Waals surface area (Å²) in [6.45, 7) is 10.6. The van der Waals surface area contributed by atoms with E-state index in [1.807, 2.05) is 0 Å². The van der Waals surface area contributed by atoms with Gasteiger partial charge in [-0.25, -0.2) is 0 Å². The highest BCUT2D eigenvalue weighted by Crippen LogP contribution is 2.58. The quantitative estimate of drug-likeness (QED) is 0.738. The molecule has 6 rings (SSSR count). The van der Waals surface area contributed by atoms with Crippen LogP contribution in [0.1, 0.15) is 69.1 Å². The molecule has 1 heterocycles. The molecule has 0 aromatic heterocycles. The highest BCUT2D eigenvalue weighted by atomic mass is 15.4. The molecule has 142 valence electrons. The van der Waals surface area contributed by atoms with Crippen molar-refractivity contribution in [3.63, 3.8) is 0 Å². The van der Waals surface area contributed by atoms with Gasteiger partial charge >= 0.3 is 0 Å². The van der Waals surface area contributed by atoms with Crippen LogP contribution in [0.25, 0.3) is 0 Å².